The maximum atomic E-state index is 12.8. The van der Waals surface area contributed by atoms with Gasteiger partial charge in [0, 0.05) is 0 Å². The minimum absolute atomic E-state index is 0.172. The molecule has 2 fully saturated rings. The van der Waals surface area contributed by atoms with Gasteiger partial charge in [-0.15, -0.1) is 0 Å². The summed E-state index contributed by atoms with van der Waals surface area (Å²) in [7, 11) is 1.26. The standard InChI is InChI=1S/C18H29N3O5/c1-12(2)10-13(15(23)26-3)19-14(22)11-21-16(24)18(20-17(21)25)8-6-4-5-7-9-18/h12-13H,4-11H2,1-3H3,(H,19,22)(H,20,25)/t13-/m0/s1. The fourth-order valence-corrected chi connectivity index (χ4v) is 3.70. The maximum Gasteiger partial charge on any atom is 0.328 e. The molecule has 1 spiro atoms. The molecular weight excluding hydrogens is 338 g/mol. The average molecular weight is 367 g/mol. The van der Waals surface area contributed by atoms with E-state index in [-0.39, 0.29) is 11.8 Å². The quantitative estimate of drug-likeness (QED) is 0.544. The number of nitrogens with one attached hydrogen (secondary N) is 2. The second-order valence-electron chi connectivity index (χ2n) is 7.59. The largest absolute Gasteiger partial charge is 0.467 e. The summed E-state index contributed by atoms with van der Waals surface area (Å²) in [5, 5.41) is 5.38. The van der Waals surface area contributed by atoms with Crippen molar-refractivity contribution in [2.24, 2.45) is 5.92 Å². The van der Waals surface area contributed by atoms with Crippen LogP contribution in [0.4, 0.5) is 4.79 Å². The minimum Gasteiger partial charge on any atom is -0.467 e. The van der Waals surface area contributed by atoms with E-state index in [1.807, 2.05) is 13.8 Å². The monoisotopic (exact) mass is 367 g/mol. The molecule has 1 heterocycles. The Hall–Kier alpha value is -2.12. The molecule has 8 heteroatoms. The summed E-state index contributed by atoms with van der Waals surface area (Å²) in [4.78, 5) is 50.2. The van der Waals surface area contributed by atoms with Gasteiger partial charge in [-0.05, 0) is 25.2 Å². The van der Waals surface area contributed by atoms with Crippen LogP contribution >= 0.6 is 0 Å². The Balaban J connectivity index is 2.02. The topological polar surface area (TPSA) is 105 Å². The maximum absolute atomic E-state index is 12.8. The molecule has 0 radical (unpaired) electrons. The van der Waals surface area contributed by atoms with E-state index in [2.05, 4.69) is 10.6 Å². The number of esters is 1. The van der Waals surface area contributed by atoms with Crippen LogP contribution < -0.4 is 10.6 Å². The first-order valence-electron chi connectivity index (χ1n) is 9.30. The Kier molecular flexibility index (Phi) is 6.61. The van der Waals surface area contributed by atoms with E-state index in [1.165, 1.54) is 7.11 Å². The molecular formula is C18H29N3O5. The van der Waals surface area contributed by atoms with Crippen molar-refractivity contribution in [1.82, 2.24) is 15.5 Å². The molecule has 4 amide bonds. The predicted octanol–water partition coefficient (Wildman–Crippen LogP) is 1.34. The molecule has 0 bridgehead atoms. The van der Waals surface area contributed by atoms with Crippen LogP contribution in [0, 0.1) is 5.92 Å². The van der Waals surface area contributed by atoms with Gasteiger partial charge in [0.1, 0.15) is 18.1 Å². The van der Waals surface area contributed by atoms with Crippen LogP contribution in [0.3, 0.4) is 0 Å². The van der Waals surface area contributed by atoms with Gasteiger partial charge in [-0.1, -0.05) is 39.5 Å². The van der Waals surface area contributed by atoms with Gasteiger partial charge < -0.3 is 15.4 Å². The fourth-order valence-electron chi connectivity index (χ4n) is 3.70. The highest BCUT2D eigenvalue weighted by Gasteiger charge is 2.51. The molecule has 2 aliphatic rings. The second-order valence-corrected chi connectivity index (χ2v) is 7.59. The van der Waals surface area contributed by atoms with Crippen LogP contribution in [-0.4, -0.2) is 54.0 Å². The first-order valence-corrected chi connectivity index (χ1v) is 9.30. The molecule has 2 rings (SSSR count). The number of carbonyl (C=O) groups is 4. The predicted molar refractivity (Wildman–Crippen MR) is 94.1 cm³/mol. The van der Waals surface area contributed by atoms with Crippen molar-refractivity contribution in [3.05, 3.63) is 0 Å². The molecule has 146 valence electrons. The fraction of sp³-hybridized carbons (Fsp3) is 0.778. The first kappa shape index (κ1) is 20.2. The van der Waals surface area contributed by atoms with E-state index < -0.39 is 36.0 Å². The summed E-state index contributed by atoms with van der Waals surface area (Å²) >= 11 is 0. The molecule has 1 saturated heterocycles. The Morgan fingerprint density at radius 3 is 2.35 bits per heavy atom. The van der Waals surface area contributed by atoms with Crippen LogP contribution in [-0.2, 0) is 19.1 Å². The van der Waals surface area contributed by atoms with E-state index >= 15 is 0 Å². The van der Waals surface area contributed by atoms with Crippen LogP contribution in [0.1, 0.15) is 58.8 Å². The van der Waals surface area contributed by atoms with Crippen molar-refractivity contribution in [3.63, 3.8) is 0 Å². The molecule has 1 aliphatic carbocycles. The van der Waals surface area contributed by atoms with Gasteiger partial charge in [0.05, 0.1) is 7.11 Å². The highest BCUT2D eigenvalue weighted by Crippen LogP contribution is 2.32. The number of carbonyl (C=O) groups excluding carboxylic acids is 4. The Bertz CT molecular complexity index is 567. The van der Waals surface area contributed by atoms with Crippen molar-refractivity contribution < 1.29 is 23.9 Å². The van der Waals surface area contributed by atoms with Gasteiger partial charge in [0.25, 0.3) is 5.91 Å². The number of urea groups is 1. The zero-order valence-corrected chi connectivity index (χ0v) is 15.8. The summed E-state index contributed by atoms with van der Waals surface area (Å²) in [5.41, 5.74) is -0.868. The third kappa shape index (κ3) is 4.53. The SMILES string of the molecule is COC(=O)[C@H](CC(C)C)NC(=O)CN1C(=O)NC2(CCCCCC2)C1=O. The van der Waals surface area contributed by atoms with E-state index in [9.17, 15) is 19.2 Å². The van der Waals surface area contributed by atoms with Crippen molar-refractivity contribution >= 4 is 23.8 Å². The molecule has 0 aromatic rings. The lowest BCUT2D eigenvalue weighted by Crippen LogP contribution is -2.49. The van der Waals surface area contributed by atoms with Crippen LogP contribution in [0.25, 0.3) is 0 Å². The van der Waals surface area contributed by atoms with Crippen LogP contribution in [0.2, 0.25) is 0 Å². The lowest BCUT2D eigenvalue weighted by Gasteiger charge is -2.25. The van der Waals surface area contributed by atoms with Crippen molar-refractivity contribution in [2.75, 3.05) is 13.7 Å². The van der Waals surface area contributed by atoms with Crippen LogP contribution in [0.15, 0.2) is 0 Å². The van der Waals surface area contributed by atoms with E-state index in [4.69, 9.17) is 4.74 Å². The number of hydrogen-bond donors (Lipinski definition) is 2. The molecule has 0 unspecified atom stereocenters. The number of ether oxygens (including phenoxy) is 1. The number of hydrogen-bond acceptors (Lipinski definition) is 5. The number of nitrogens with zero attached hydrogens (tertiary/aromatic N) is 1. The molecule has 1 atom stereocenters. The van der Waals surface area contributed by atoms with Gasteiger partial charge in [-0.2, -0.15) is 0 Å². The van der Waals surface area contributed by atoms with Crippen molar-refractivity contribution in [2.45, 2.75) is 70.4 Å². The van der Waals surface area contributed by atoms with Gasteiger partial charge in [-0.25, -0.2) is 9.59 Å². The van der Waals surface area contributed by atoms with Crippen molar-refractivity contribution in [1.29, 1.82) is 0 Å². The van der Waals surface area contributed by atoms with E-state index in [1.54, 1.807) is 0 Å². The Labute approximate surface area is 154 Å². The second kappa shape index (κ2) is 8.51. The third-order valence-corrected chi connectivity index (χ3v) is 5.03. The first-order chi connectivity index (χ1) is 12.3. The van der Waals surface area contributed by atoms with E-state index in [0.717, 1.165) is 30.6 Å². The lowest BCUT2D eigenvalue weighted by molar-refractivity contribution is -0.145. The summed E-state index contributed by atoms with van der Waals surface area (Å²) in [5.74, 6) is -1.25. The summed E-state index contributed by atoms with van der Waals surface area (Å²) in [6.45, 7) is 3.46. The third-order valence-electron chi connectivity index (χ3n) is 5.03. The van der Waals surface area contributed by atoms with E-state index in [0.29, 0.717) is 19.3 Å². The average Bonchev–Trinajstić information content (AvgIpc) is 2.75. The Morgan fingerprint density at radius 1 is 1.19 bits per heavy atom. The van der Waals surface area contributed by atoms with Gasteiger partial charge in [-0.3, -0.25) is 14.5 Å². The molecule has 8 nitrogen and oxygen atoms in total. The zero-order chi connectivity index (χ0) is 19.3. The molecule has 26 heavy (non-hydrogen) atoms. The highest BCUT2D eigenvalue weighted by atomic mass is 16.5. The summed E-state index contributed by atoms with van der Waals surface area (Å²) in [6, 6.07) is -1.33. The number of rotatable bonds is 6. The van der Waals surface area contributed by atoms with Crippen LogP contribution in [0.5, 0.6) is 0 Å². The molecule has 2 N–H and O–H groups in total. The number of methoxy groups -OCH3 is 1. The molecule has 1 saturated carbocycles. The highest BCUT2D eigenvalue weighted by molar-refractivity contribution is 6.09. The minimum atomic E-state index is -0.868. The van der Waals surface area contributed by atoms with Crippen molar-refractivity contribution in [3.8, 4) is 0 Å². The smallest absolute Gasteiger partial charge is 0.328 e. The summed E-state index contributed by atoms with van der Waals surface area (Å²) in [6.07, 6.45) is 5.47. The number of imide groups is 1. The summed E-state index contributed by atoms with van der Waals surface area (Å²) < 4.78 is 4.72. The zero-order valence-electron chi connectivity index (χ0n) is 15.8. The number of amides is 4. The normalized spacial score (nSPS) is 20.7. The lowest BCUT2D eigenvalue weighted by atomic mass is 9.90. The van der Waals surface area contributed by atoms with Gasteiger partial charge >= 0.3 is 12.0 Å². The van der Waals surface area contributed by atoms with Gasteiger partial charge in [0.2, 0.25) is 5.91 Å². The molecule has 1 aliphatic heterocycles. The molecule has 0 aromatic carbocycles. The molecule has 0 aromatic heterocycles. The Morgan fingerprint density at radius 2 is 1.81 bits per heavy atom. The van der Waals surface area contributed by atoms with Gasteiger partial charge in [0.15, 0.2) is 0 Å².